The minimum Gasteiger partial charge on any atom is -0.339 e. The lowest BCUT2D eigenvalue weighted by atomic mass is 10.1. The lowest BCUT2D eigenvalue weighted by Crippen LogP contribution is -2.54. The van der Waals surface area contributed by atoms with E-state index in [1.807, 2.05) is 40.1 Å². The van der Waals surface area contributed by atoms with Gasteiger partial charge in [-0.25, -0.2) is 9.80 Å². The number of likely N-dealkylation sites (tertiary alicyclic amines) is 1. The van der Waals surface area contributed by atoms with Crippen molar-refractivity contribution in [3.8, 4) is 0 Å². The average molecular weight is 426 g/mol. The van der Waals surface area contributed by atoms with Gasteiger partial charge in [0.1, 0.15) is 0 Å². The molecule has 0 aromatic heterocycles. The van der Waals surface area contributed by atoms with Gasteiger partial charge in [-0.15, -0.1) is 0 Å². The summed E-state index contributed by atoms with van der Waals surface area (Å²) in [5.41, 5.74) is 1.95. The summed E-state index contributed by atoms with van der Waals surface area (Å²) >= 11 is 0. The lowest BCUT2D eigenvalue weighted by molar-refractivity contribution is -0.137. The van der Waals surface area contributed by atoms with Crippen molar-refractivity contribution in [2.75, 3.05) is 45.8 Å². The van der Waals surface area contributed by atoms with Gasteiger partial charge < -0.3 is 14.7 Å². The molecule has 0 N–H and O–H groups in total. The Morgan fingerprint density at radius 3 is 2.03 bits per heavy atom. The van der Waals surface area contributed by atoms with Crippen LogP contribution in [0, 0.1) is 0 Å². The van der Waals surface area contributed by atoms with Gasteiger partial charge in [-0.1, -0.05) is 30.3 Å². The van der Waals surface area contributed by atoms with E-state index in [2.05, 4.69) is 5.10 Å². The molecule has 1 aromatic rings. The van der Waals surface area contributed by atoms with Crippen molar-refractivity contribution in [1.82, 2.24) is 19.7 Å². The van der Waals surface area contributed by atoms with Gasteiger partial charge in [-0.3, -0.25) is 9.59 Å². The molecular formula is C23H31N5O3. The highest BCUT2D eigenvalue weighted by atomic mass is 16.2. The second-order valence-electron chi connectivity index (χ2n) is 8.38. The first kappa shape index (κ1) is 21.3. The molecule has 0 radical (unpaired) electrons. The maximum atomic E-state index is 12.6. The third-order valence-electron chi connectivity index (χ3n) is 6.28. The number of rotatable bonds is 4. The molecule has 8 heteroatoms. The molecule has 0 spiro atoms. The minimum absolute atomic E-state index is 0.0233. The molecule has 3 aliphatic heterocycles. The number of urea groups is 1. The van der Waals surface area contributed by atoms with Gasteiger partial charge in [-0.05, 0) is 24.8 Å². The van der Waals surface area contributed by atoms with E-state index in [1.54, 1.807) is 4.90 Å². The van der Waals surface area contributed by atoms with Crippen molar-refractivity contribution in [1.29, 1.82) is 0 Å². The zero-order valence-electron chi connectivity index (χ0n) is 18.0. The van der Waals surface area contributed by atoms with Gasteiger partial charge in [0.2, 0.25) is 11.8 Å². The number of piperazine rings is 1. The first-order valence-electron chi connectivity index (χ1n) is 11.4. The summed E-state index contributed by atoms with van der Waals surface area (Å²) in [7, 11) is 0. The fraction of sp³-hybridized carbons (Fsp3) is 0.565. The van der Waals surface area contributed by atoms with Crippen LogP contribution in [0.4, 0.5) is 4.79 Å². The monoisotopic (exact) mass is 425 g/mol. The van der Waals surface area contributed by atoms with E-state index < -0.39 is 0 Å². The zero-order chi connectivity index (χ0) is 21.6. The number of nitrogens with zero attached hydrogens (tertiary/aromatic N) is 5. The summed E-state index contributed by atoms with van der Waals surface area (Å²) in [4.78, 5) is 43.3. The molecular weight excluding hydrogens is 394 g/mol. The van der Waals surface area contributed by atoms with E-state index in [-0.39, 0.29) is 30.7 Å². The molecule has 0 saturated carbocycles. The predicted octanol–water partition coefficient (Wildman–Crippen LogP) is 2.15. The van der Waals surface area contributed by atoms with Gasteiger partial charge >= 0.3 is 6.03 Å². The van der Waals surface area contributed by atoms with Crippen molar-refractivity contribution in [3.05, 3.63) is 35.9 Å². The number of piperidine rings is 1. The summed E-state index contributed by atoms with van der Waals surface area (Å²) < 4.78 is 0. The molecule has 0 unspecified atom stereocenters. The van der Waals surface area contributed by atoms with Crippen molar-refractivity contribution in [2.24, 2.45) is 5.10 Å². The van der Waals surface area contributed by atoms with Crippen LogP contribution < -0.4 is 0 Å². The second kappa shape index (κ2) is 9.94. The fourth-order valence-electron chi connectivity index (χ4n) is 4.40. The molecule has 2 fully saturated rings. The third kappa shape index (κ3) is 5.24. The molecule has 31 heavy (non-hydrogen) atoms. The normalized spacial score (nSPS) is 19.4. The van der Waals surface area contributed by atoms with Crippen molar-refractivity contribution >= 4 is 23.6 Å². The minimum atomic E-state index is -0.113. The summed E-state index contributed by atoms with van der Waals surface area (Å²) in [5, 5.41) is 5.94. The number of hydrogen-bond acceptors (Lipinski definition) is 4. The van der Waals surface area contributed by atoms with Crippen LogP contribution in [0.3, 0.4) is 0 Å². The Morgan fingerprint density at radius 2 is 1.32 bits per heavy atom. The van der Waals surface area contributed by atoms with Crippen LogP contribution in [-0.4, -0.2) is 89.1 Å². The summed E-state index contributed by atoms with van der Waals surface area (Å²) in [6, 6.07) is 9.96. The van der Waals surface area contributed by atoms with E-state index in [0.29, 0.717) is 32.7 Å². The van der Waals surface area contributed by atoms with Crippen LogP contribution in [0.15, 0.2) is 35.4 Å². The molecule has 166 valence electrons. The molecule has 8 nitrogen and oxygen atoms in total. The van der Waals surface area contributed by atoms with Crippen molar-refractivity contribution < 1.29 is 14.4 Å². The smallest absolute Gasteiger partial charge is 0.320 e. The summed E-state index contributed by atoms with van der Waals surface area (Å²) in [6.07, 6.45) is 4.43. The maximum Gasteiger partial charge on any atom is 0.320 e. The molecule has 2 saturated heterocycles. The molecule has 0 aliphatic carbocycles. The Labute approximate surface area is 183 Å². The molecule has 4 amide bonds. The molecule has 0 atom stereocenters. The summed E-state index contributed by atoms with van der Waals surface area (Å²) in [5.74, 6) is -0.136. The van der Waals surface area contributed by atoms with Crippen LogP contribution in [0.2, 0.25) is 0 Å². The van der Waals surface area contributed by atoms with Gasteiger partial charge in [0.15, 0.2) is 0 Å². The Balaban J connectivity index is 1.20. The zero-order valence-corrected chi connectivity index (χ0v) is 18.0. The molecule has 3 heterocycles. The van der Waals surface area contributed by atoms with E-state index in [0.717, 1.165) is 43.6 Å². The number of benzene rings is 1. The third-order valence-corrected chi connectivity index (χ3v) is 6.28. The molecule has 4 rings (SSSR count). The highest BCUT2D eigenvalue weighted by Gasteiger charge is 2.28. The number of hydrogen-bond donors (Lipinski definition) is 0. The SMILES string of the molecule is O=C(CCC(=O)N1CCC(c2ccccc2)=N1)N1CCN(C(=O)N2CCCCC2)CC1. The van der Waals surface area contributed by atoms with Gasteiger partial charge in [0, 0.05) is 58.5 Å². The molecule has 0 bridgehead atoms. The Morgan fingerprint density at radius 1 is 0.710 bits per heavy atom. The standard InChI is InChI=1S/C23H31N5O3/c29-21(25-15-17-27(18-16-25)23(31)26-12-5-2-6-13-26)9-10-22(30)28-14-11-20(24-28)19-7-3-1-4-8-19/h1,3-4,7-8H,2,5-6,9-18H2. The van der Waals surface area contributed by atoms with Crippen LogP contribution in [0.5, 0.6) is 0 Å². The first-order valence-corrected chi connectivity index (χ1v) is 11.4. The fourth-order valence-corrected chi connectivity index (χ4v) is 4.40. The van der Waals surface area contributed by atoms with Crippen LogP contribution >= 0.6 is 0 Å². The Hall–Kier alpha value is -2.90. The lowest BCUT2D eigenvalue weighted by Gasteiger charge is -2.38. The van der Waals surface area contributed by atoms with E-state index >= 15 is 0 Å². The second-order valence-corrected chi connectivity index (χ2v) is 8.38. The predicted molar refractivity (Wildman–Crippen MR) is 118 cm³/mol. The van der Waals surface area contributed by atoms with Gasteiger partial charge in [0.25, 0.3) is 0 Å². The molecule has 1 aromatic carbocycles. The Bertz CT molecular complexity index is 827. The van der Waals surface area contributed by atoms with E-state index in [4.69, 9.17) is 0 Å². The Kier molecular flexibility index (Phi) is 6.84. The maximum absolute atomic E-state index is 12.6. The molecule has 3 aliphatic rings. The van der Waals surface area contributed by atoms with Crippen molar-refractivity contribution in [3.63, 3.8) is 0 Å². The highest BCUT2D eigenvalue weighted by molar-refractivity contribution is 6.02. The van der Waals surface area contributed by atoms with E-state index in [9.17, 15) is 14.4 Å². The number of carbonyl (C=O) groups is 3. The van der Waals surface area contributed by atoms with Gasteiger partial charge in [-0.2, -0.15) is 5.10 Å². The summed E-state index contributed by atoms with van der Waals surface area (Å²) in [6.45, 7) is 4.43. The average Bonchev–Trinajstić information content (AvgIpc) is 3.34. The number of hydrazone groups is 1. The van der Waals surface area contributed by atoms with Crippen LogP contribution in [-0.2, 0) is 9.59 Å². The van der Waals surface area contributed by atoms with Crippen LogP contribution in [0.25, 0.3) is 0 Å². The number of amides is 4. The topological polar surface area (TPSA) is 76.5 Å². The first-order chi connectivity index (χ1) is 15.1. The quantitative estimate of drug-likeness (QED) is 0.742. The van der Waals surface area contributed by atoms with Crippen molar-refractivity contribution in [2.45, 2.75) is 38.5 Å². The highest BCUT2D eigenvalue weighted by Crippen LogP contribution is 2.16. The largest absolute Gasteiger partial charge is 0.339 e. The van der Waals surface area contributed by atoms with E-state index in [1.165, 1.54) is 11.4 Å². The number of carbonyl (C=O) groups excluding carboxylic acids is 3. The van der Waals surface area contributed by atoms with Crippen LogP contribution in [0.1, 0.15) is 44.1 Å². The van der Waals surface area contributed by atoms with Gasteiger partial charge in [0.05, 0.1) is 12.3 Å².